The molecule has 1 aromatic rings. The van der Waals surface area contributed by atoms with Crippen LogP contribution >= 0.6 is 0 Å². The third-order valence-corrected chi connectivity index (χ3v) is 3.75. The van der Waals surface area contributed by atoms with Crippen molar-refractivity contribution in [2.75, 3.05) is 13.7 Å². The van der Waals surface area contributed by atoms with Gasteiger partial charge in [-0.3, -0.25) is 0 Å². The molecule has 0 saturated heterocycles. The van der Waals surface area contributed by atoms with E-state index in [0.29, 0.717) is 25.0 Å². The van der Waals surface area contributed by atoms with Crippen LogP contribution in [0, 0.1) is 5.92 Å². The molecular weight excluding hydrogens is 216 g/mol. The predicted molar refractivity (Wildman–Crippen MR) is 65.5 cm³/mol. The van der Waals surface area contributed by atoms with Crippen molar-refractivity contribution in [1.29, 1.82) is 0 Å². The largest absolute Gasteiger partial charge is 0.383 e. The minimum absolute atomic E-state index is 0.442. The summed E-state index contributed by atoms with van der Waals surface area (Å²) in [6.45, 7) is 4.22. The number of methoxy groups -OCH3 is 1. The first-order valence-corrected chi connectivity index (χ1v) is 6.39. The Morgan fingerprint density at radius 3 is 2.82 bits per heavy atom. The summed E-state index contributed by atoms with van der Waals surface area (Å²) in [5.74, 6) is 3.22. The second-order valence-corrected chi connectivity index (χ2v) is 4.84. The molecular formula is C12H22N4O. The van der Waals surface area contributed by atoms with Crippen molar-refractivity contribution in [1.82, 2.24) is 14.8 Å². The van der Waals surface area contributed by atoms with Gasteiger partial charge in [-0.2, -0.15) is 0 Å². The van der Waals surface area contributed by atoms with Crippen molar-refractivity contribution in [2.24, 2.45) is 11.7 Å². The second-order valence-electron chi connectivity index (χ2n) is 4.84. The molecule has 1 aliphatic carbocycles. The van der Waals surface area contributed by atoms with E-state index in [1.807, 2.05) is 0 Å². The molecule has 2 atom stereocenters. The molecule has 0 amide bonds. The average Bonchev–Trinajstić information content (AvgIpc) is 2.91. The van der Waals surface area contributed by atoms with Crippen LogP contribution in [0.25, 0.3) is 0 Å². The van der Waals surface area contributed by atoms with Gasteiger partial charge in [-0.25, -0.2) is 0 Å². The Bertz CT molecular complexity index is 363. The molecule has 1 aromatic heterocycles. The quantitative estimate of drug-likeness (QED) is 0.839. The highest BCUT2D eigenvalue weighted by Gasteiger charge is 2.29. The number of nitrogens with zero attached hydrogens (tertiary/aromatic N) is 3. The van der Waals surface area contributed by atoms with Crippen LogP contribution < -0.4 is 5.73 Å². The van der Waals surface area contributed by atoms with Crippen LogP contribution in [-0.4, -0.2) is 28.5 Å². The zero-order valence-corrected chi connectivity index (χ0v) is 10.7. The molecule has 96 valence electrons. The molecule has 0 bridgehead atoms. The molecule has 17 heavy (non-hydrogen) atoms. The third kappa shape index (κ3) is 2.50. The topological polar surface area (TPSA) is 66.0 Å². The average molecular weight is 238 g/mol. The van der Waals surface area contributed by atoms with Gasteiger partial charge in [-0.15, -0.1) is 10.2 Å². The molecule has 0 aliphatic heterocycles. The van der Waals surface area contributed by atoms with Gasteiger partial charge in [0.1, 0.15) is 11.6 Å². The lowest BCUT2D eigenvalue weighted by Gasteiger charge is -2.16. The minimum atomic E-state index is 0.442. The monoisotopic (exact) mass is 238 g/mol. The Morgan fingerprint density at radius 1 is 1.41 bits per heavy atom. The van der Waals surface area contributed by atoms with E-state index >= 15 is 0 Å². The molecule has 1 aliphatic rings. The molecule has 1 fully saturated rings. The van der Waals surface area contributed by atoms with Crippen molar-refractivity contribution >= 4 is 0 Å². The number of hydrogen-bond donors (Lipinski definition) is 1. The molecule has 2 N–H and O–H groups in total. The summed E-state index contributed by atoms with van der Waals surface area (Å²) >= 11 is 0. The molecule has 0 spiro atoms. The molecule has 5 heteroatoms. The Morgan fingerprint density at radius 2 is 2.24 bits per heavy atom. The summed E-state index contributed by atoms with van der Waals surface area (Å²) in [6.07, 6.45) is 3.80. The maximum atomic E-state index is 5.70. The van der Waals surface area contributed by atoms with Gasteiger partial charge in [0.15, 0.2) is 0 Å². The lowest BCUT2D eigenvalue weighted by molar-refractivity contribution is 0.184. The van der Waals surface area contributed by atoms with Gasteiger partial charge in [0, 0.05) is 19.6 Å². The fraction of sp³-hybridized carbons (Fsp3) is 0.833. The SMILES string of the molecule is COCCn1c(CN)nnc1C1CCCC1C. The second kappa shape index (κ2) is 5.60. The molecule has 5 nitrogen and oxygen atoms in total. The molecule has 1 heterocycles. The van der Waals surface area contributed by atoms with Crippen LogP contribution in [0.15, 0.2) is 0 Å². The van der Waals surface area contributed by atoms with Gasteiger partial charge in [0.2, 0.25) is 0 Å². The standard InChI is InChI=1S/C12H22N4O/c1-9-4-3-5-10(9)12-15-14-11(8-13)16(12)6-7-17-2/h9-10H,3-8,13H2,1-2H3. The van der Waals surface area contributed by atoms with Gasteiger partial charge < -0.3 is 15.0 Å². The summed E-state index contributed by atoms with van der Waals surface area (Å²) < 4.78 is 7.29. The normalized spacial score (nSPS) is 24.4. The highest BCUT2D eigenvalue weighted by molar-refractivity contribution is 5.05. The zero-order chi connectivity index (χ0) is 12.3. The van der Waals surface area contributed by atoms with Crippen molar-refractivity contribution in [3.05, 3.63) is 11.6 Å². The Balaban J connectivity index is 2.23. The molecule has 2 unspecified atom stereocenters. The van der Waals surface area contributed by atoms with E-state index in [1.165, 1.54) is 19.3 Å². The fourth-order valence-electron chi connectivity index (χ4n) is 2.73. The third-order valence-electron chi connectivity index (χ3n) is 3.75. The highest BCUT2D eigenvalue weighted by atomic mass is 16.5. The van der Waals surface area contributed by atoms with Gasteiger partial charge in [-0.1, -0.05) is 13.3 Å². The number of ether oxygens (including phenoxy) is 1. The van der Waals surface area contributed by atoms with Gasteiger partial charge in [0.25, 0.3) is 0 Å². The summed E-state index contributed by atoms with van der Waals surface area (Å²) in [7, 11) is 1.71. The Kier molecular flexibility index (Phi) is 4.12. The Hall–Kier alpha value is -0.940. The first-order chi connectivity index (χ1) is 8.27. The molecule has 1 saturated carbocycles. The molecule has 0 aromatic carbocycles. The van der Waals surface area contributed by atoms with Crippen LogP contribution in [0.1, 0.15) is 43.8 Å². The van der Waals surface area contributed by atoms with Crippen molar-refractivity contribution in [2.45, 2.75) is 45.2 Å². The Labute approximate surface area is 102 Å². The first kappa shape index (κ1) is 12.5. The van der Waals surface area contributed by atoms with Crippen LogP contribution in [-0.2, 0) is 17.8 Å². The van der Waals surface area contributed by atoms with Crippen LogP contribution in [0.2, 0.25) is 0 Å². The number of rotatable bonds is 5. The smallest absolute Gasteiger partial charge is 0.146 e. The van der Waals surface area contributed by atoms with Gasteiger partial charge in [0.05, 0.1) is 13.2 Å². The summed E-state index contributed by atoms with van der Waals surface area (Å²) in [4.78, 5) is 0. The number of aromatic nitrogens is 3. The van der Waals surface area contributed by atoms with Crippen molar-refractivity contribution < 1.29 is 4.74 Å². The maximum Gasteiger partial charge on any atom is 0.146 e. The van der Waals surface area contributed by atoms with E-state index < -0.39 is 0 Å². The molecule has 2 rings (SSSR count). The maximum absolute atomic E-state index is 5.70. The lowest BCUT2D eigenvalue weighted by atomic mass is 9.97. The zero-order valence-electron chi connectivity index (χ0n) is 10.7. The summed E-state index contributed by atoms with van der Waals surface area (Å²) in [5.41, 5.74) is 5.70. The summed E-state index contributed by atoms with van der Waals surface area (Å²) in [5, 5.41) is 8.55. The first-order valence-electron chi connectivity index (χ1n) is 6.39. The predicted octanol–water partition coefficient (Wildman–Crippen LogP) is 1.29. The fourth-order valence-corrected chi connectivity index (χ4v) is 2.73. The van der Waals surface area contributed by atoms with E-state index in [4.69, 9.17) is 10.5 Å². The van der Waals surface area contributed by atoms with Crippen molar-refractivity contribution in [3.63, 3.8) is 0 Å². The summed E-state index contributed by atoms with van der Waals surface area (Å²) in [6, 6.07) is 0. The van der Waals surface area contributed by atoms with E-state index in [1.54, 1.807) is 7.11 Å². The van der Waals surface area contributed by atoms with Gasteiger partial charge >= 0.3 is 0 Å². The number of nitrogens with two attached hydrogens (primary N) is 1. The van der Waals surface area contributed by atoms with Crippen LogP contribution in [0.3, 0.4) is 0 Å². The molecule has 0 radical (unpaired) electrons. The van der Waals surface area contributed by atoms with Crippen LogP contribution in [0.4, 0.5) is 0 Å². The minimum Gasteiger partial charge on any atom is -0.383 e. The van der Waals surface area contributed by atoms with Crippen molar-refractivity contribution in [3.8, 4) is 0 Å². The van der Waals surface area contributed by atoms with E-state index in [9.17, 15) is 0 Å². The van der Waals surface area contributed by atoms with Crippen LogP contribution in [0.5, 0.6) is 0 Å². The van der Waals surface area contributed by atoms with E-state index in [2.05, 4.69) is 21.7 Å². The van der Waals surface area contributed by atoms with Gasteiger partial charge in [-0.05, 0) is 18.8 Å². The highest BCUT2D eigenvalue weighted by Crippen LogP contribution is 2.38. The lowest BCUT2D eigenvalue weighted by Crippen LogP contribution is -2.17. The number of hydrogen-bond acceptors (Lipinski definition) is 4. The van der Waals surface area contributed by atoms with E-state index in [-0.39, 0.29) is 0 Å². The van der Waals surface area contributed by atoms with E-state index in [0.717, 1.165) is 18.2 Å².